The Morgan fingerprint density at radius 2 is 1.86 bits per heavy atom. The number of nitrogens with zero attached hydrogens (tertiary/aromatic N) is 4. The van der Waals surface area contributed by atoms with Crippen molar-refractivity contribution in [1.29, 1.82) is 0 Å². The van der Waals surface area contributed by atoms with E-state index < -0.39 is 11.6 Å². The highest BCUT2D eigenvalue weighted by Crippen LogP contribution is 2.25. The molecular formula is C21H26F2N4OS. The van der Waals surface area contributed by atoms with E-state index in [1.807, 2.05) is 0 Å². The molecule has 2 fully saturated rings. The number of anilines is 1. The molecule has 3 heterocycles. The number of thiazole rings is 1. The van der Waals surface area contributed by atoms with E-state index in [0.29, 0.717) is 26.2 Å². The van der Waals surface area contributed by atoms with Gasteiger partial charge in [0.25, 0.3) is 5.91 Å². The Morgan fingerprint density at radius 3 is 2.55 bits per heavy atom. The molecular weight excluding hydrogens is 394 g/mol. The van der Waals surface area contributed by atoms with E-state index in [0.717, 1.165) is 48.5 Å². The first-order valence-corrected chi connectivity index (χ1v) is 11.0. The van der Waals surface area contributed by atoms with E-state index in [-0.39, 0.29) is 11.5 Å². The molecule has 5 nitrogen and oxygen atoms in total. The second kappa shape index (κ2) is 8.75. The average Bonchev–Trinajstić information content (AvgIpc) is 3.18. The number of likely N-dealkylation sites (tertiary alicyclic amines) is 1. The molecule has 1 aromatic carbocycles. The molecule has 2 aliphatic heterocycles. The predicted molar refractivity (Wildman–Crippen MR) is 110 cm³/mol. The van der Waals surface area contributed by atoms with Gasteiger partial charge in [-0.1, -0.05) is 6.92 Å². The predicted octanol–water partition coefficient (Wildman–Crippen LogP) is 3.62. The summed E-state index contributed by atoms with van der Waals surface area (Å²) in [6.45, 7) is 7.77. The van der Waals surface area contributed by atoms with Crippen molar-refractivity contribution in [3.63, 3.8) is 0 Å². The third kappa shape index (κ3) is 4.75. The average molecular weight is 421 g/mol. The summed E-state index contributed by atoms with van der Waals surface area (Å²) in [6.07, 6.45) is 2.50. The molecule has 1 amide bonds. The van der Waals surface area contributed by atoms with Crippen molar-refractivity contribution in [2.75, 3.05) is 44.2 Å². The Labute approximate surface area is 173 Å². The first-order chi connectivity index (χ1) is 14.0. The van der Waals surface area contributed by atoms with Crippen LogP contribution in [0.2, 0.25) is 0 Å². The lowest BCUT2D eigenvalue weighted by Gasteiger charge is -2.34. The topological polar surface area (TPSA) is 39.7 Å². The summed E-state index contributed by atoms with van der Waals surface area (Å²) in [5, 5.41) is 3.10. The van der Waals surface area contributed by atoms with Crippen LogP contribution in [0.3, 0.4) is 0 Å². The molecule has 0 atom stereocenters. The molecule has 0 spiro atoms. The van der Waals surface area contributed by atoms with Crippen LogP contribution in [0.25, 0.3) is 0 Å². The zero-order valence-corrected chi connectivity index (χ0v) is 17.4. The molecule has 2 saturated heterocycles. The molecule has 0 radical (unpaired) electrons. The highest BCUT2D eigenvalue weighted by molar-refractivity contribution is 7.13. The van der Waals surface area contributed by atoms with Crippen LogP contribution in [0, 0.1) is 17.6 Å². The number of aromatic nitrogens is 1. The number of amides is 1. The van der Waals surface area contributed by atoms with Crippen molar-refractivity contribution < 1.29 is 13.6 Å². The van der Waals surface area contributed by atoms with Gasteiger partial charge in [-0.25, -0.2) is 13.8 Å². The summed E-state index contributed by atoms with van der Waals surface area (Å²) >= 11 is 1.64. The number of piperazine rings is 1. The summed E-state index contributed by atoms with van der Waals surface area (Å²) < 4.78 is 27.0. The zero-order chi connectivity index (χ0) is 20.4. The summed E-state index contributed by atoms with van der Waals surface area (Å²) in [4.78, 5) is 23.6. The number of benzene rings is 1. The Bertz CT molecular complexity index is 858. The maximum atomic E-state index is 13.9. The van der Waals surface area contributed by atoms with E-state index in [4.69, 9.17) is 4.98 Å². The third-order valence-corrected chi connectivity index (χ3v) is 6.75. The van der Waals surface area contributed by atoms with Gasteiger partial charge >= 0.3 is 0 Å². The van der Waals surface area contributed by atoms with E-state index in [9.17, 15) is 13.6 Å². The molecule has 0 bridgehead atoms. The van der Waals surface area contributed by atoms with Gasteiger partial charge in [-0.05, 0) is 44.0 Å². The first-order valence-electron chi connectivity index (χ1n) is 10.2. The maximum absolute atomic E-state index is 13.9. The lowest BCUT2D eigenvalue weighted by molar-refractivity contribution is 0.0742. The quantitative estimate of drug-likeness (QED) is 0.758. The van der Waals surface area contributed by atoms with Crippen molar-refractivity contribution in [2.45, 2.75) is 26.3 Å². The molecule has 1 aromatic heterocycles. The van der Waals surface area contributed by atoms with Gasteiger partial charge in [0.05, 0.1) is 11.3 Å². The normalized spacial score (nSPS) is 19.0. The van der Waals surface area contributed by atoms with E-state index >= 15 is 0 Å². The maximum Gasteiger partial charge on any atom is 0.256 e. The van der Waals surface area contributed by atoms with Crippen LogP contribution in [0.4, 0.5) is 13.9 Å². The number of piperidine rings is 1. The first kappa shape index (κ1) is 20.2. The van der Waals surface area contributed by atoms with Crippen LogP contribution in [-0.2, 0) is 6.54 Å². The largest absolute Gasteiger partial charge is 0.345 e. The van der Waals surface area contributed by atoms with Crippen LogP contribution < -0.4 is 4.90 Å². The van der Waals surface area contributed by atoms with E-state index in [1.165, 1.54) is 18.9 Å². The number of hydrogen-bond acceptors (Lipinski definition) is 5. The fourth-order valence-corrected chi connectivity index (χ4v) is 4.77. The summed E-state index contributed by atoms with van der Waals surface area (Å²) in [6, 6.07) is 3.09. The van der Waals surface area contributed by atoms with Gasteiger partial charge in [-0.2, -0.15) is 0 Å². The fourth-order valence-electron chi connectivity index (χ4n) is 3.90. The summed E-state index contributed by atoms with van der Waals surface area (Å²) in [7, 11) is 0. The van der Waals surface area contributed by atoms with Crippen molar-refractivity contribution in [3.05, 3.63) is 46.5 Å². The molecule has 2 aromatic rings. The van der Waals surface area contributed by atoms with Gasteiger partial charge in [-0.15, -0.1) is 11.3 Å². The van der Waals surface area contributed by atoms with Crippen molar-refractivity contribution in [2.24, 2.45) is 5.92 Å². The van der Waals surface area contributed by atoms with Crippen LogP contribution in [-0.4, -0.2) is 60.0 Å². The van der Waals surface area contributed by atoms with Crippen LogP contribution in [0.5, 0.6) is 0 Å². The molecule has 8 heteroatoms. The molecule has 29 heavy (non-hydrogen) atoms. The Kier molecular flexibility index (Phi) is 6.10. The Morgan fingerprint density at radius 1 is 1.14 bits per heavy atom. The van der Waals surface area contributed by atoms with Gasteiger partial charge in [0.15, 0.2) is 5.13 Å². The summed E-state index contributed by atoms with van der Waals surface area (Å²) in [5.41, 5.74) is 1.03. The molecule has 156 valence electrons. The second-order valence-electron chi connectivity index (χ2n) is 7.98. The monoisotopic (exact) mass is 420 g/mol. The minimum atomic E-state index is -0.811. The number of carbonyl (C=O) groups excluding carboxylic acids is 1. The molecule has 4 rings (SSSR count). The molecule has 0 unspecified atom stereocenters. The van der Waals surface area contributed by atoms with Crippen molar-refractivity contribution >= 4 is 22.4 Å². The Hall–Kier alpha value is -2.06. The van der Waals surface area contributed by atoms with Crippen LogP contribution >= 0.6 is 11.3 Å². The number of carbonyl (C=O) groups is 1. The highest BCUT2D eigenvalue weighted by Gasteiger charge is 2.26. The minimum absolute atomic E-state index is 0.0766. The van der Waals surface area contributed by atoms with Gasteiger partial charge < -0.3 is 9.80 Å². The van der Waals surface area contributed by atoms with Gasteiger partial charge in [-0.3, -0.25) is 9.69 Å². The molecule has 2 aliphatic rings. The van der Waals surface area contributed by atoms with E-state index in [2.05, 4.69) is 22.1 Å². The number of halogens is 2. The third-order valence-electron chi connectivity index (χ3n) is 5.80. The van der Waals surface area contributed by atoms with E-state index in [1.54, 1.807) is 16.2 Å². The SMILES string of the molecule is CC1CCN(Cc2csc(N3CCN(C(=O)c4ccc(F)cc4F)CC3)n2)CC1. The minimum Gasteiger partial charge on any atom is -0.345 e. The molecule has 0 saturated carbocycles. The van der Waals surface area contributed by atoms with Crippen LogP contribution in [0.1, 0.15) is 35.8 Å². The Balaban J connectivity index is 1.31. The molecule has 0 aliphatic carbocycles. The van der Waals surface area contributed by atoms with Crippen molar-refractivity contribution in [3.8, 4) is 0 Å². The fraction of sp³-hybridized carbons (Fsp3) is 0.524. The second-order valence-corrected chi connectivity index (χ2v) is 8.82. The lowest BCUT2D eigenvalue weighted by atomic mass is 9.99. The smallest absolute Gasteiger partial charge is 0.256 e. The van der Waals surface area contributed by atoms with Crippen molar-refractivity contribution in [1.82, 2.24) is 14.8 Å². The standard InChI is InChI=1S/C21H26F2N4OS/c1-15-4-6-25(7-5-15)13-17-14-29-21(24-17)27-10-8-26(9-11-27)20(28)18-3-2-16(22)12-19(18)23/h2-3,12,14-15H,4-11,13H2,1H3. The molecule has 0 N–H and O–H groups in total. The summed E-state index contributed by atoms with van der Waals surface area (Å²) in [5.74, 6) is -1.06. The van der Waals surface area contributed by atoms with Gasteiger partial charge in [0.1, 0.15) is 11.6 Å². The number of hydrogen-bond donors (Lipinski definition) is 0. The lowest BCUT2D eigenvalue weighted by Crippen LogP contribution is -2.49. The van der Waals surface area contributed by atoms with Crippen LogP contribution in [0.15, 0.2) is 23.6 Å². The van der Waals surface area contributed by atoms with Gasteiger partial charge in [0.2, 0.25) is 0 Å². The zero-order valence-electron chi connectivity index (χ0n) is 16.6. The highest BCUT2D eigenvalue weighted by atomic mass is 32.1. The number of rotatable bonds is 4. The van der Waals surface area contributed by atoms with Gasteiger partial charge in [0, 0.05) is 44.2 Å².